The number of para-hydroxylation sites is 2. The molecule has 0 aliphatic rings. The van der Waals surface area contributed by atoms with Crippen molar-refractivity contribution in [2.45, 2.75) is 0 Å². The Morgan fingerprint density at radius 2 is 1.00 bits per heavy atom. The van der Waals surface area contributed by atoms with Crippen LogP contribution in [-0.2, 0) is 0 Å². The van der Waals surface area contributed by atoms with E-state index in [1.54, 1.807) is 0 Å². The molecule has 0 fully saturated rings. The first-order chi connectivity index (χ1) is 16.4. The van der Waals surface area contributed by atoms with Gasteiger partial charge in [-0.15, -0.1) is 0 Å². The van der Waals surface area contributed by atoms with Gasteiger partial charge in [0.15, 0.2) is 0 Å². The Morgan fingerprint density at radius 3 is 1.73 bits per heavy atom. The zero-order valence-corrected chi connectivity index (χ0v) is 18.1. The van der Waals surface area contributed by atoms with Crippen LogP contribution in [-0.4, -0.2) is 4.57 Å². The molecule has 0 atom stereocenters. The highest BCUT2D eigenvalue weighted by atomic mass is 15.0. The third kappa shape index (κ3) is 2.66. The summed E-state index contributed by atoms with van der Waals surface area (Å²) in [6.07, 6.45) is 0. The van der Waals surface area contributed by atoms with E-state index in [4.69, 9.17) is 0 Å². The smallest absolute Gasteiger partial charge is 0.0547 e. The van der Waals surface area contributed by atoms with Crippen molar-refractivity contribution in [2.75, 3.05) is 0 Å². The third-order valence-corrected chi connectivity index (χ3v) is 6.75. The Labute approximate surface area is 192 Å². The van der Waals surface area contributed by atoms with Crippen LogP contribution in [0, 0.1) is 0 Å². The average Bonchev–Trinajstić information content (AvgIpc) is 3.22. The molecule has 0 radical (unpaired) electrons. The maximum Gasteiger partial charge on any atom is 0.0547 e. The zero-order chi connectivity index (χ0) is 21.8. The number of benzene rings is 6. The standard InChI is InChI=1S/C32H21N/c1-2-13-24(14-3-1)33-29-19-9-8-17-27(29)32-28(18-10-20-30(32)33)31-25-15-6-4-11-22(25)21-23-12-5-7-16-26(23)31/h1-21H. The second kappa shape index (κ2) is 7.08. The Kier molecular flexibility index (Phi) is 3.91. The van der Waals surface area contributed by atoms with Gasteiger partial charge in [0.25, 0.3) is 0 Å². The summed E-state index contributed by atoms with van der Waals surface area (Å²) in [5, 5.41) is 7.72. The van der Waals surface area contributed by atoms with Crippen LogP contribution in [0.25, 0.3) is 60.2 Å². The fourth-order valence-corrected chi connectivity index (χ4v) is 5.39. The number of hydrogen-bond acceptors (Lipinski definition) is 0. The van der Waals surface area contributed by atoms with Gasteiger partial charge in [0.2, 0.25) is 0 Å². The largest absolute Gasteiger partial charge is 0.309 e. The fourth-order valence-electron chi connectivity index (χ4n) is 5.39. The van der Waals surface area contributed by atoms with Crippen LogP contribution in [0.15, 0.2) is 127 Å². The van der Waals surface area contributed by atoms with E-state index in [-0.39, 0.29) is 0 Å². The van der Waals surface area contributed by atoms with Crippen molar-refractivity contribution in [1.29, 1.82) is 0 Å². The Bertz CT molecular complexity index is 1750. The highest BCUT2D eigenvalue weighted by molar-refractivity contribution is 6.22. The number of hydrogen-bond donors (Lipinski definition) is 0. The first kappa shape index (κ1) is 18.2. The quantitative estimate of drug-likeness (QED) is 0.247. The minimum atomic E-state index is 1.18. The summed E-state index contributed by atoms with van der Waals surface area (Å²) in [4.78, 5) is 0. The Balaban J connectivity index is 1.71. The molecule has 1 nitrogen and oxygen atoms in total. The van der Waals surface area contributed by atoms with Crippen LogP contribution in [0.2, 0.25) is 0 Å². The van der Waals surface area contributed by atoms with Crippen LogP contribution < -0.4 is 0 Å². The lowest BCUT2D eigenvalue weighted by atomic mass is 9.90. The highest BCUT2D eigenvalue weighted by Crippen LogP contribution is 2.43. The lowest BCUT2D eigenvalue weighted by molar-refractivity contribution is 1.18. The first-order valence-electron chi connectivity index (χ1n) is 11.4. The van der Waals surface area contributed by atoms with Gasteiger partial charge in [-0.1, -0.05) is 97.1 Å². The average molecular weight is 420 g/mol. The molecule has 0 amide bonds. The molecule has 0 bridgehead atoms. The summed E-state index contributed by atoms with van der Waals surface area (Å²) in [5.41, 5.74) is 6.24. The number of nitrogens with zero attached hydrogens (tertiary/aromatic N) is 1. The van der Waals surface area contributed by atoms with Crippen molar-refractivity contribution >= 4 is 43.4 Å². The maximum absolute atomic E-state index is 2.39. The summed E-state index contributed by atoms with van der Waals surface area (Å²) in [5.74, 6) is 0. The van der Waals surface area contributed by atoms with Gasteiger partial charge in [-0.25, -0.2) is 0 Å². The van der Waals surface area contributed by atoms with Gasteiger partial charge < -0.3 is 4.57 Å². The summed E-state index contributed by atoms with van der Waals surface area (Å²) in [6, 6.07) is 46.0. The van der Waals surface area contributed by atoms with Crippen molar-refractivity contribution in [3.05, 3.63) is 127 Å². The minimum absolute atomic E-state index is 1.18. The number of aromatic nitrogens is 1. The molecule has 1 heterocycles. The van der Waals surface area contributed by atoms with Gasteiger partial charge in [0.1, 0.15) is 0 Å². The molecule has 0 spiro atoms. The van der Waals surface area contributed by atoms with Crippen LogP contribution in [0.4, 0.5) is 0 Å². The molecule has 7 rings (SSSR count). The summed E-state index contributed by atoms with van der Waals surface area (Å²) >= 11 is 0. The van der Waals surface area contributed by atoms with Crippen LogP contribution in [0.3, 0.4) is 0 Å². The molecular formula is C32H21N. The van der Waals surface area contributed by atoms with E-state index < -0.39 is 0 Å². The minimum Gasteiger partial charge on any atom is -0.309 e. The molecule has 1 heteroatoms. The van der Waals surface area contributed by atoms with Crippen molar-refractivity contribution in [3.8, 4) is 16.8 Å². The lowest BCUT2D eigenvalue weighted by Crippen LogP contribution is -1.93. The molecule has 0 aliphatic heterocycles. The molecule has 154 valence electrons. The summed E-state index contributed by atoms with van der Waals surface area (Å²) in [6.45, 7) is 0. The Morgan fingerprint density at radius 1 is 0.424 bits per heavy atom. The van der Waals surface area contributed by atoms with Gasteiger partial charge in [0.05, 0.1) is 11.0 Å². The van der Waals surface area contributed by atoms with Crippen LogP contribution in [0.5, 0.6) is 0 Å². The van der Waals surface area contributed by atoms with E-state index in [2.05, 4.69) is 132 Å². The Hall–Kier alpha value is -4.36. The van der Waals surface area contributed by atoms with E-state index in [9.17, 15) is 0 Å². The molecule has 0 N–H and O–H groups in total. The molecule has 0 aliphatic carbocycles. The van der Waals surface area contributed by atoms with E-state index in [1.807, 2.05) is 0 Å². The molecule has 6 aromatic carbocycles. The molecule has 7 aromatic rings. The van der Waals surface area contributed by atoms with E-state index in [0.717, 1.165) is 0 Å². The SMILES string of the molecule is c1ccc(-n2c3ccccc3c3c(-c4c5ccccc5cc5ccccc45)cccc32)cc1. The number of rotatable bonds is 2. The van der Waals surface area contributed by atoms with E-state index in [0.29, 0.717) is 0 Å². The van der Waals surface area contributed by atoms with Crippen molar-refractivity contribution in [3.63, 3.8) is 0 Å². The zero-order valence-electron chi connectivity index (χ0n) is 18.1. The number of fused-ring (bicyclic) bond motifs is 5. The molecule has 33 heavy (non-hydrogen) atoms. The highest BCUT2D eigenvalue weighted by Gasteiger charge is 2.18. The van der Waals surface area contributed by atoms with Crippen molar-refractivity contribution in [2.24, 2.45) is 0 Å². The maximum atomic E-state index is 2.39. The fraction of sp³-hybridized carbons (Fsp3) is 0. The molecule has 0 saturated carbocycles. The predicted molar refractivity (Wildman–Crippen MR) is 141 cm³/mol. The van der Waals surface area contributed by atoms with Crippen LogP contribution >= 0.6 is 0 Å². The summed E-state index contributed by atoms with van der Waals surface area (Å²) < 4.78 is 2.39. The molecule has 0 unspecified atom stereocenters. The van der Waals surface area contributed by atoms with Gasteiger partial charge in [-0.05, 0) is 63.0 Å². The molecular weight excluding hydrogens is 398 g/mol. The molecule has 1 aromatic heterocycles. The third-order valence-electron chi connectivity index (χ3n) is 6.75. The van der Waals surface area contributed by atoms with E-state index >= 15 is 0 Å². The van der Waals surface area contributed by atoms with Gasteiger partial charge in [0, 0.05) is 16.5 Å². The van der Waals surface area contributed by atoms with Gasteiger partial charge in [-0.3, -0.25) is 0 Å². The lowest BCUT2D eigenvalue weighted by Gasteiger charge is -2.14. The van der Waals surface area contributed by atoms with Gasteiger partial charge >= 0.3 is 0 Å². The van der Waals surface area contributed by atoms with Crippen LogP contribution in [0.1, 0.15) is 0 Å². The monoisotopic (exact) mass is 419 g/mol. The second-order valence-electron chi connectivity index (χ2n) is 8.58. The second-order valence-corrected chi connectivity index (χ2v) is 8.58. The topological polar surface area (TPSA) is 4.93 Å². The summed E-state index contributed by atoms with van der Waals surface area (Å²) in [7, 11) is 0. The normalized spacial score (nSPS) is 11.6. The predicted octanol–water partition coefficient (Wildman–Crippen LogP) is 8.76. The van der Waals surface area contributed by atoms with Crippen molar-refractivity contribution in [1.82, 2.24) is 4.57 Å². The van der Waals surface area contributed by atoms with Gasteiger partial charge in [-0.2, -0.15) is 0 Å². The van der Waals surface area contributed by atoms with Crippen molar-refractivity contribution < 1.29 is 0 Å². The first-order valence-corrected chi connectivity index (χ1v) is 11.4. The van der Waals surface area contributed by atoms with E-state index in [1.165, 1.54) is 60.2 Å². The molecule has 0 saturated heterocycles.